The van der Waals surface area contributed by atoms with E-state index < -0.39 is 74.6 Å². The van der Waals surface area contributed by atoms with Crippen LogP contribution in [-0.4, -0.2) is 142 Å². The number of aliphatic hydroxyl groups excluding tert-OH is 7. The molecule has 4 aliphatic rings. The van der Waals surface area contributed by atoms with E-state index in [9.17, 15) is 40.1 Å². The molecular weight excluding hydrogens is 613 g/mol. The molecule has 0 amide bonds. The average molecular weight is 654 g/mol. The molecule has 12 atom stereocenters. The molecule has 46 heavy (non-hydrogen) atoms. The highest BCUT2D eigenvalue weighted by molar-refractivity contribution is 5.46. The third kappa shape index (κ3) is 6.68. The van der Waals surface area contributed by atoms with Gasteiger partial charge in [0.2, 0.25) is 6.79 Å². The van der Waals surface area contributed by atoms with Gasteiger partial charge in [-0.2, -0.15) is 0 Å². The van der Waals surface area contributed by atoms with Crippen LogP contribution in [0.15, 0.2) is 42.5 Å². The first-order chi connectivity index (χ1) is 22.2. The number of ether oxygens (including phenoxy) is 6. The Morgan fingerprint density at radius 3 is 2.28 bits per heavy atom. The van der Waals surface area contributed by atoms with Crippen LogP contribution in [0.2, 0.25) is 0 Å². The molecule has 0 unspecified atom stereocenters. The predicted octanol–water partition coefficient (Wildman–Crippen LogP) is -1.34. The van der Waals surface area contributed by atoms with E-state index in [0.29, 0.717) is 36.8 Å². The standard InChI is InChI=1S/C31H40FNO13/c32-17-3-1-15(2-4-17)19-7-8-33(10-16(19)13-41-18-5-6-20-21(9-18)43-14-42-20)30-27(39)26(38)29(23(12-35)44-30)46-31-28(40)25(37)24(36)22(11-34)45-31/h1-6,9,16,19,22-31,34-40H,7-8,10-14H2/t16-,19-,22+,23+,24-,25-,26+,27+,28+,29+,30+,31-/m0/s1. The van der Waals surface area contributed by atoms with E-state index in [-0.39, 0.29) is 31.1 Å². The van der Waals surface area contributed by atoms with Crippen molar-refractivity contribution < 1.29 is 68.6 Å². The number of fused-ring (bicyclic) bond motifs is 1. The third-order valence-electron chi connectivity index (χ3n) is 9.21. The SMILES string of the molecule is OC[C@H]1O[C@@H](O[C@H]2[C@H](O)[C@@H](O)[C@H](N3CC[C@@H](c4ccc(F)cc4)[C@H](COc4ccc5c(c4)OCO5)C3)O[C@@H]2CO)[C@H](O)[C@@H](O)[C@H]1O. The molecule has 0 aromatic heterocycles. The van der Waals surface area contributed by atoms with Crippen molar-refractivity contribution in [2.24, 2.45) is 5.92 Å². The molecule has 2 aromatic carbocycles. The number of nitrogens with zero attached hydrogens (tertiary/aromatic N) is 1. The molecule has 3 fully saturated rings. The molecule has 3 saturated heterocycles. The summed E-state index contributed by atoms with van der Waals surface area (Å²) in [6.07, 6.45) is -14.2. The fourth-order valence-electron chi connectivity index (χ4n) is 6.65. The molecule has 0 bridgehead atoms. The van der Waals surface area contributed by atoms with E-state index >= 15 is 0 Å². The molecule has 0 saturated carbocycles. The lowest BCUT2D eigenvalue weighted by atomic mass is 9.80. The van der Waals surface area contributed by atoms with E-state index in [1.807, 2.05) is 4.90 Å². The van der Waals surface area contributed by atoms with Crippen LogP contribution in [0.1, 0.15) is 17.9 Å². The molecule has 2 aromatic rings. The minimum atomic E-state index is -1.75. The van der Waals surface area contributed by atoms with E-state index in [0.717, 1.165) is 5.56 Å². The first-order valence-corrected chi connectivity index (χ1v) is 15.3. The monoisotopic (exact) mass is 653 g/mol. The Labute approximate surface area is 264 Å². The van der Waals surface area contributed by atoms with Gasteiger partial charge in [0.15, 0.2) is 17.8 Å². The molecule has 0 radical (unpaired) electrons. The Hall–Kier alpha value is -2.67. The summed E-state index contributed by atoms with van der Waals surface area (Å²) in [6.45, 7) is -0.177. The summed E-state index contributed by atoms with van der Waals surface area (Å²) in [6, 6.07) is 11.6. The highest BCUT2D eigenvalue weighted by atomic mass is 19.1. The van der Waals surface area contributed by atoms with E-state index in [1.54, 1.807) is 30.3 Å². The second kappa shape index (κ2) is 14.2. The lowest BCUT2D eigenvalue weighted by Crippen LogP contribution is -2.67. The fourth-order valence-corrected chi connectivity index (χ4v) is 6.65. The number of halogens is 1. The minimum absolute atomic E-state index is 0.0348. The smallest absolute Gasteiger partial charge is 0.231 e. The Balaban J connectivity index is 1.16. The highest BCUT2D eigenvalue weighted by Gasteiger charge is 2.52. The maximum absolute atomic E-state index is 13.7. The van der Waals surface area contributed by atoms with Crippen molar-refractivity contribution in [2.75, 3.05) is 39.7 Å². The Morgan fingerprint density at radius 1 is 0.804 bits per heavy atom. The number of piperidine rings is 1. The van der Waals surface area contributed by atoms with Crippen LogP contribution >= 0.6 is 0 Å². The van der Waals surface area contributed by atoms with Gasteiger partial charge >= 0.3 is 0 Å². The normalized spacial score (nSPS) is 38.1. The van der Waals surface area contributed by atoms with Crippen molar-refractivity contribution in [3.63, 3.8) is 0 Å². The largest absolute Gasteiger partial charge is 0.493 e. The van der Waals surface area contributed by atoms with Crippen LogP contribution in [0.25, 0.3) is 0 Å². The molecule has 0 aliphatic carbocycles. The Bertz CT molecular complexity index is 1300. The van der Waals surface area contributed by atoms with Gasteiger partial charge in [-0.25, -0.2) is 4.39 Å². The summed E-state index contributed by atoms with van der Waals surface area (Å²) >= 11 is 0. The first kappa shape index (κ1) is 33.2. The molecule has 4 aliphatic heterocycles. The van der Waals surface area contributed by atoms with Gasteiger partial charge in [0.05, 0.1) is 19.8 Å². The molecule has 15 heteroatoms. The zero-order chi connectivity index (χ0) is 32.5. The second-order valence-electron chi connectivity index (χ2n) is 12.1. The van der Waals surface area contributed by atoms with Crippen LogP contribution in [0, 0.1) is 11.7 Å². The number of aliphatic hydroxyl groups is 7. The van der Waals surface area contributed by atoms with Crippen LogP contribution in [0.5, 0.6) is 17.2 Å². The summed E-state index contributed by atoms with van der Waals surface area (Å²) in [5.74, 6) is 1.20. The zero-order valence-corrected chi connectivity index (χ0v) is 24.8. The molecule has 14 nitrogen and oxygen atoms in total. The van der Waals surface area contributed by atoms with Crippen molar-refractivity contribution in [3.05, 3.63) is 53.8 Å². The fraction of sp³-hybridized carbons (Fsp3) is 0.613. The van der Waals surface area contributed by atoms with E-state index in [2.05, 4.69) is 0 Å². The molecule has 7 N–H and O–H groups in total. The third-order valence-corrected chi connectivity index (χ3v) is 9.21. The predicted molar refractivity (Wildman–Crippen MR) is 153 cm³/mol. The summed E-state index contributed by atoms with van der Waals surface area (Å²) < 4.78 is 47.9. The van der Waals surface area contributed by atoms with Crippen molar-refractivity contribution in [1.82, 2.24) is 4.90 Å². The highest BCUT2D eigenvalue weighted by Crippen LogP contribution is 2.39. The summed E-state index contributed by atoms with van der Waals surface area (Å²) in [4.78, 5) is 1.84. The summed E-state index contributed by atoms with van der Waals surface area (Å²) in [5.41, 5.74) is 0.923. The van der Waals surface area contributed by atoms with Crippen LogP contribution in [-0.2, 0) is 14.2 Å². The summed E-state index contributed by atoms with van der Waals surface area (Å²) in [5, 5.41) is 72.7. The van der Waals surface area contributed by atoms with Crippen molar-refractivity contribution >= 4 is 0 Å². The average Bonchev–Trinajstić information content (AvgIpc) is 3.54. The maximum atomic E-state index is 13.7. The summed E-state index contributed by atoms with van der Waals surface area (Å²) in [7, 11) is 0. The lowest BCUT2D eigenvalue weighted by Gasteiger charge is -2.50. The van der Waals surface area contributed by atoms with Gasteiger partial charge in [-0.15, -0.1) is 0 Å². The quantitative estimate of drug-likeness (QED) is 0.168. The van der Waals surface area contributed by atoms with E-state index in [1.165, 1.54) is 12.1 Å². The number of rotatable bonds is 9. The molecule has 4 heterocycles. The molecule has 6 rings (SSSR count). The Morgan fingerprint density at radius 2 is 1.54 bits per heavy atom. The molecule has 254 valence electrons. The van der Waals surface area contributed by atoms with Gasteiger partial charge in [0.1, 0.15) is 66.6 Å². The van der Waals surface area contributed by atoms with E-state index in [4.69, 9.17) is 28.4 Å². The van der Waals surface area contributed by atoms with Gasteiger partial charge < -0.3 is 64.2 Å². The van der Waals surface area contributed by atoms with Gasteiger partial charge in [0.25, 0.3) is 0 Å². The molecule has 0 spiro atoms. The maximum Gasteiger partial charge on any atom is 0.231 e. The van der Waals surface area contributed by atoms with Crippen molar-refractivity contribution in [2.45, 2.75) is 73.7 Å². The Kier molecular flexibility index (Phi) is 10.3. The minimum Gasteiger partial charge on any atom is -0.493 e. The number of hydrogen-bond acceptors (Lipinski definition) is 14. The number of hydrogen-bond donors (Lipinski definition) is 7. The van der Waals surface area contributed by atoms with Crippen molar-refractivity contribution in [1.29, 1.82) is 0 Å². The zero-order valence-electron chi connectivity index (χ0n) is 24.8. The van der Waals surface area contributed by atoms with Gasteiger partial charge in [-0.3, -0.25) is 4.90 Å². The molecular formula is C31H40FNO13. The van der Waals surface area contributed by atoms with Gasteiger partial charge in [0, 0.05) is 25.1 Å². The second-order valence-corrected chi connectivity index (χ2v) is 12.1. The van der Waals surface area contributed by atoms with Gasteiger partial charge in [-0.05, 0) is 42.2 Å². The van der Waals surface area contributed by atoms with Crippen molar-refractivity contribution in [3.8, 4) is 17.2 Å². The number of benzene rings is 2. The van der Waals surface area contributed by atoms with Gasteiger partial charge in [-0.1, -0.05) is 12.1 Å². The van der Waals surface area contributed by atoms with Crippen LogP contribution in [0.4, 0.5) is 4.39 Å². The first-order valence-electron chi connectivity index (χ1n) is 15.3. The number of likely N-dealkylation sites (tertiary alicyclic amines) is 1. The van der Waals surface area contributed by atoms with Crippen LogP contribution in [0.3, 0.4) is 0 Å². The topological polar surface area (TPSA) is 200 Å². The van der Waals surface area contributed by atoms with Crippen LogP contribution < -0.4 is 14.2 Å². The lowest BCUT2D eigenvalue weighted by molar-refractivity contribution is -0.349.